The molecule has 0 aromatic carbocycles. The summed E-state index contributed by atoms with van der Waals surface area (Å²) in [6, 6.07) is 0. The predicted octanol–water partition coefficient (Wildman–Crippen LogP) is 8.49. The summed E-state index contributed by atoms with van der Waals surface area (Å²) >= 11 is 0. The molecule has 0 atom stereocenters. The number of carbonyl (C=O) groups excluding carboxylic acids is 4. The first kappa shape index (κ1) is 58.4. The zero-order valence-electron chi connectivity index (χ0n) is 23.3. The molecule has 0 saturated heterocycles. The van der Waals surface area contributed by atoms with Crippen molar-refractivity contribution in [3.05, 3.63) is 47.3 Å². The average Bonchev–Trinajstić information content (AvgIpc) is 2.85. The number of aliphatic hydroxyl groups is 4. The van der Waals surface area contributed by atoms with E-state index in [4.69, 9.17) is 20.4 Å². The molecule has 0 saturated carbocycles. The van der Waals surface area contributed by atoms with Crippen LogP contribution in [-0.2, 0) is 45.4 Å². The van der Waals surface area contributed by atoms with Gasteiger partial charge in [-0.05, 0) is 0 Å². The molecule has 4 N–H and O–H groups in total. The van der Waals surface area contributed by atoms with E-state index in [-0.39, 0.29) is 26.2 Å². The molecule has 0 aliphatic carbocycles. The van der Waals surface area contributed by atoms with Crippen molar-refractivity contribution < 1.29 is 171 Å². The number of carbonyl (C=O) groups is 4. The van der Waals surface area contributed by atoms with Crippen LogP contribution in [0.1, 0.15) is 0 Å². The van der Waals surface area contributed by atoms with Gasteiger partial charge in [0.2, 0.25) is 23.0 Å². The molecule has 0 rings (SSSR count). The summed E-state index contributed by atoms with van der Waals surface area (Å²) in [7, 11) is 0. The molecular weight excluding hydrogens is 915 g/mol. The Morgan fingerprint density at radius 1 is 0.264 bits per heavy atom. The first-order valence-corrected chi connectivity index (χ1v) is 10.6. The van der Waals surface area contributed by atoms with E-state index in [0.717, 1.165) is 0 Å². The minimum absolute atomic E-state index is 0. The number of hydrogen-bond acceptors (Lipinski definition) is 8. The van der Waals surface area contributed by atoms with E-state index in [9.17, 15) is 125 Å². The number of halogens is 24. The van der Waals surface area contributed by atoms with Crippen molar-refractivity contribution in [1.29, 1.82) is 0 Å². The Hall–Kier alpha value is -3.96. The summed E-state index contributed by atoms with van der Waals surface area (Å²) in [4.78, 5) is 39.4. The molecule has 0 aliphatic rings. The number of hydrogen-bond donors (Lipinski definition) is 4. The molecule has 0 aliphatic heterocycles. The fourth-order valence-corrected chi connectivity index (χ4v) is 1.15. The van der Waals surface area contributed by atoms with Crippen molar-refractivity contribution in [3.63, 3.8) is 0 Å². The van der Waals surface area contributed by atoms with E-state index in [1.54, 1.807) is 0 Å². The maximum atomic E-state index is 11.4. The van der Waals surface area contributed by atoms with Gasteiger partial charge in [-0.1, -0.05) is 0 Å². The van der Waals surface area contributed by atoms with E-state index in [1.165, 1.54) is 0 Å². The molecule has 8 nitrogen and oxygen atoms in total. The zero-order valence-corrected chi connectivity index (χ0v) is 25.8. The van der Waals surface area contributed by atoms with Gasteiger partial charge in [-0.3, -0.25) is 19.2 Å². The van der Waals surface area contributed by atoms with Crippen LogP contribution in [0.3, 0.4) is 0 Å². The van der Waals surface area contributed by atoms with Crippen molar-refractivity contribution in [2.24, 2.45) is 0 Å². The van der Waals surface area contributed by atoms with Crippen molar-refractivity contribution in [2.75, 3.05) is 0 Å². The maximum Gasteiger partial charge on any atom is 0.454 e. The first-order chi connectivity index (χ1) is 22.2. The Morgan fingerprint density at radius 2 is 0.358 bits per heavy atom. The third-order valence-electron chi connectivity index (χ3n) is 3.35. The van der Waals surface area contributed by atoms with E-state index >= 15 is 0 Å². The molecule has 0 aromatic rings. The minimum Gasteiger partial charge on any atom is -0.504 e. The molecule has 0 heterocycles. The van der Waals surface area contributed by atoms with Gasteiger partial charge in [0.1, 0.15) is 0 Å². The van der Waals surface area contributed by atoms with Crippen LogP contribution in [0.4, 0.5) is 105 Å². The van der Waals surface area contributed by atoms with Crippen LogP contribution >= 0.6 is 0 Å². The summed E-state index contributed by atoms with van der Waals surface area (Å²) < 4.78 is 272. The van der Waals surface area contributed by atoms with Crippen LogP contribution in [0.2, 0.25) is 0 Å². The van der Waals surface area contributed by atoms with Crippen LogP contribution in [0.25, 0.3) is 0 Å². The average molecular weight is 923 g/mol. The quantitative estimate of drug-likeness (QED) is 0.125. The largest absolute Gasteiger partial charge is 0.504 e. The van der Waals surface area contributed by atoms with Gasteiger partial charge in [-0.15, -0.1) is 0 Å². The van der Waals surface area contributed by atoms with Gasteiger partial charge in [0.15, 0.2) is 0 Å². The summed E-state index contributed by atoms with van der Waals surface area (Å²) in [5.41, 5.74) is 0. The second-order valence-electron chi connectivity index (χ2n) is 7.56. The Labute approximate surface area is 291 Å². The van der Waals surface area contributed by atoms with Crippen LogP contribution in [0.5, 0.6) is 0 Å². The van der Waals surface area contributed by atoms with Crippen LogP contribution < -0.4 is 0 Å². The van der Waals surface area contributed by atoms with Gasteiger partial charge in [-0.25, -0.2) is 0 Å². The second-order valence-corrected chi connectivity index (χ2v) is 7.56. The monoisotopic (exact) mass is 922 g/mol. The second kappa shape index (κ2) is 20.5. The molecule has 0 amide bonds. The van der Waals surface area contributed by atoms with Crippen molar-refractivity contribution in [1.82, 2.24) is 0 Å². The van der Waals surface area contributed by atoms with Gasteiger partial charge >= 0.3 is 49.4 Å². The zero-order chi connectivity index (χ0) is 43.4. The summed E-state index contributed by atoms with van der Waals surface area (Å²) in [6.07, 6.45) is -46.7. The van der Waals surface area contributed by atoms with Crippen LogP contribution in [-0.4, -0.2) is 93.0 Å². The molecule has 33 heteroatoms. The fraction of sp³-hybridized carbons (Fsp3) is 0.400. The van der Waals surface area contributed by atoms with Crippen LogP contribution in [0, 0.1) is 0 Å². The summed E-state index contributed by atoms with van der Waals surface area (Å²) in [5, 5.41) is 31.7. The number of allylic oxidation sites excluding steroid dienone is 8. The minimum atomic E-state index is -5.42. The topological polar surface area (TPSA) is 149 Å². The molecule has 0 aromatic heterocycles. The molecule has 0 unspecified atom stereocenters. The Morgan fingerprint density at radius 3 is 0.415 bits per heavy atom. The molecule has 53 heavy (non-hydrogen) atoms. The maximum absolute atomic E-state index is 11.4. The summed E-state index contributed by atoms with van der Waals surface area (Å²) in [5.74, 6) is -21.3. The van der Waals surface area contributed by atoms with Gasteiger partial charge in [-0.2, -0.15) is 105 Å². The number of rotatable bonds is 4. The predicted molar refractivity (Wildman–Crippen MR) is 111 cm³/mol. The standard InChI is InChI=1S/4C5H2F6O2.Zr/c4*6-4(7,8)2(12)1-3(13)5(9,10)11;/h4*1,12H;. The fourth-order valence-electron chi connectivity index (χ4n) is 1.15. The van der Waals surface area contributed by atoms with Gasteiger partial charge in [0.25, 0.3) is 23.1 Å². The molecule has 0 spiro atoms. The van der Waals surface area contributed by atoms with E-state index < -0.39 is 120 Å². The van der Waals surface area contributed by atoms with Gasteiger partial charge in [0.05, 0.1) is 0 Å². The van der Waals surface area contributed by atoms with Crippen molar-refractivity contribution in [3.8, 4) is 0 Å². The SMILES string of the molecule is O=C(C=C(O)C(F)(F)F)C(F)(F)F.O=C(C=C(O)C(F)(F)F)C(F)(F)F.O=C(C=C(O)C(F)(F)F)C(F)(F)F.O=C(C=C(O)C(F)(F)F)C(F)(F)F.[Zr]. The summed E-state index contributed by atoms with van der Waals surface area (Å²) in [6.45, 7) is 0. The van der Waals surface area contributed by atoms with Crippen LogP contribution in [0.15, 0.2) is 47.3 Å². The van der Waals surface area contributed by atoms with Crippen molar-refractivity contribution in [2.45, 2.75) is 49.4 Å². The molecule has 308 valence electrons. The molecular formula is C20H8F24O8Zr. The molecule has 0 radical (unpaired) electrons. The number of ketones is 4. The molecule has 0 bridgehead atoms. The molecule has 0 fully saturated rings. The first-order valence-electron chi connectivity index (χ1n) is 10.6. The third kappa shape index (κ3) is 28.3. The smallest absolute Gasteiger partial charge is 0.454 e. The number of alkyl halides is 24. The van der Waals surface area contributed by atoms with Gasteiger partial charge < -0.3 is 20.4 Å². The number of aliphatic hydroxyl groups excluding tert-OH is 4. The Balaban J connectivity index is -0.000000192. The third-order valence-corrected chi connectivity index (χ3v) is 3.35. The van der Waals surface area contributed by atoms with E-state index in [0.29, 0.717) is 0 Å². The Bertz CT molecular complexity index is 1150. The van der Waals surface area contributed by atoms with Crippen molar-refractivity contribution >= 4 is 23.1 Å². The normalized spacial score (nSPS) is 14.2. The van der Waals surface area contributed by atoms with E-state index in [1.807, 2.05) is 0 Å². The van der Waals surface area contributed by atoms with Gasteiger partial charge in [0, 0.05) is 50.5 Å². The Kier molecular flexibility index (Phi) is 22.6. The van der Waals surface area contributed by atoms with E-state index in [2.05, 4.69) is 0 Å².